The Kier molecular flexibility index (Phi) is 5.80. The summed E-state index contributed by atoms with van der Waals surface area (Å²) in [7, 11) is 1.44. The SMILES string of the molecule is COCC(C)(CC(=O)O)NC(=O)c1ccc(Cl)c(Cl)c1. The number of nitrogens with one attached hydrogen (secondary N) is 1. The molecule has 0 fully saturated rings. The molecule has 0 heterocycles. The average Bonchev–Trinajstić information content (AvgIpc) is 2.31. The van der Waals surface area contributed by atoms with Crippen molar-refractivity contribution in [3.05, 3.63) is 33.8 Å². The Morgan fingerprint density at radius 2 is 2.00 bits per heavy atom. The Morgan fingerprint density at radius 3 is 2.50 bits per heavy atom. The van der Waals surface area contributed by atoms with Crippen LogP contribution in [0.2, 0.25) is 10.0 Å². The van der Waals surface area contributed by atoms with Gasteiger partial charge in [0.05, 0.1) is 28.6 Å². The minimum absolute atomic E-state index is 0.0758. The molecule has 5 nitrogen and oxygen atoms in total. The summed E-state index contributed by atoms with van der Waals surface area (Å²) in [6, 6.07) is 4.44. The second kappa shape index (κ2) is 6.92. The number of hydrogen-bond acceptors (Lipinski definition) is 3. The lowest BCUT2D eigenvalue weighted by Gasteiger charge is -2.28. The highest BCUT2D eigenvalue weighted by molar-refractivity contribution is 6.42. The van der Waals surface area contributed by atoms with Gasteiger partial charge in [-0.25, -0.2) is 0 Å². The van der Waals surface area contributed by atoms with E-state index < -0.39 is 17.4 Å². The number of hydrogen-bond donors (Lipinski definition) is 2. The smallest absolute Gasteiger partial charge is 0.305 e. The number of ether oxygens (including phenoxy) is 1. The molecule has 7 heteroatoms. The molecule has 1 aromatic carbocycles. The minimum Gasteiger partial charge on any atom is -0.481 e. The standard InChI is InChI=1S/C13H15Cl2NO4/c1-13(7-20-2,6-11(17)18)16-12(19)8-3-4-9(14)10(15)5-8/h3-5H,6-7H2,1-2H3,(H,16,19)(H,17,18). The lowest BCUT2D eigenvalue weighted by Crippen LogP contribution is -2.50. The Bertz CT molecular complexity index is 521. The van der Waals surface area contributed by atoms with Crippen LogP contribution >= 0.6 is 23.2 Å². The highest BCUT2D eigenvalue weighted by atomic mass is 35.5. The van der Waals surface area contributed by atoms with Crippen molar-refractivity contribution in [1.29, 1.82) is 0 Å². The van der Waals surface area contributed by atoms with Gasteiger partial charge in [-0.15, -0.1) is 0 Å². The largest absolute Gasteiger partial charge is 0.481 e. The van der Waals surface area contributed by atoms with E-state index in [1.165, 1.54) is 25.3 Å². The molecule has 0 spiro atoms. The Morgan fingerprint density at radius 1 is 1.35 bits per heavy atom. The lowest BCUT2D eigenvalue weighted by molar-refractivity contribution is -0.139. The van der Waals surface area contributed by atoms with Crippen LogP contribution in [0.1, 0.15) is 23.7 Å². The van der Waals surface area contributed by atoms with Gasteiger partial charge in [-0.2, -0.15) is 0 Å². The maximum Gasteiger partial charge on any atom is 0.305 e. The van der Waals surface area contributed by atoms with Crippen LogP contribution in [0.15, 0.2) is 18.2 Å². The molecule has 20 heavy (non-hydrogen) atoms. The van der Waals surface area contributed by atoms with E-state index in [1.54, 1.807) is 6.92 Å². The molecular formula is C13H15Cl2NO4. The molecule has 2 N–H and O–H groups in total. The normalized spacial score (nSPS) is 13.6. The zero-order valence-corrected chi connectivity index (χ0v) is 12.6. The van der Waals surface area contributed by atoms with Crippen molar-refractivity contribution < 1.29 is 19.4 Å². The maximum absolute atomic E-state index is 12.1. The summed E-state index contributed by atoms with van der Waals surface area (Å²) in [6.07, 6.45) is -0.256. The third kappa shape index (κ3) is 4.67. The van der Waals surface area contributed by atoms with Crippen LogP contribution in [0.25, 0.3) is 0 Å². The van der Waals surface area contributed by atoms with Gasteiger partial charge in [0.1, 0.15) is 0 Å². The molecule has 0 bridgehead atoms. The number of benzene rings is 1. The monoisotopic (exact) mass is 319 g/mol. The summed E-state index contributed by atoms with van der Waals surface area (Å²) in [4.78, 5) is 23.0. The third-order valence-corrected chi connectivity index (χ3v) is 3.34. The third-order valence-electron chi connectivity index (χ3n) is 2.60. The van der Waals surface area contributed by atoms with Crippen molar-refractivity contribution in [3.8, 4) is 0 Å². The number of carboxylic acid groups (broad SMARTS) is 1. The van der Waals surface area contributed by atoms with Gasteiger partial charge in [0.2, 0.25) is 0 Å². The number of carbonyl (C=O) groups excluding carboxylic acids is 1. The van der Waals surface area contributed by atoms with Gasteiger partial charge in [-0.3, -0.25) is 9.59 Å². The van der Waals surface area contributed by atoms with Gasteiger partial charge in [0, 0.05) is 12.7 Å². The summed E-state index contributed by atoms with van der Waals surface area (Å²) in [5.41, 5.74) is -0.712. The first-order valence-corrected chi connectivity index (χ1v) is 6.51. The van der Waals surface area contributed by atoms with E-state index in [-0.39, 0.29) is 18.1 Å². The van der Waals surface area contributed by atoms with Crippen LogP contribution in [-0.4, -0.2) is 36.2 Å². The van der Waals surface area contributed by atoms with Gasteiger partial charge in [0.15, 0.2) is 0 Å². The summed E-state index contributed by atoms with van der Waals surface area (Å²) in [5.74, 6) is -1.47. The second-order valence-electron chi connectivity index (χ2n) is 4.65. The molecule has 1 amide bonds. The van der Waals surface area contributed by atoms with Crippen molar-refractivity contribution in [1.82, 2.24) is 5.32 Å². The molecule has 110 valence electrons. The Labute approximate surface area is 126 Å². The van der Waals surface area contributed by atoms with Crippen LogP contribution in [0.5, 0.6) is 0 Å². The van der Waals surface area contributed by atoms with E-state index in [0.717, 1.165) is 0 Å². The van der Waals surface area contributed by atoms with Crippen LogP contribution in [0.3, 0.4) is 0 Å². The van der Waals surface area contributed by atoms with Gasteiger partial charge in [0.25, 0.3) is 5.91 Å². The number of amides is 1. The highest BCUT2D eigenvalue weighted by Crippen LogP contribution is 2.23. The van der Waals surface area contributed by atoms with E-state index in [0.29, 0.717) is 10.6 Å². The van der Waals surface area contributed by atoms with Crippen LogP contribution < -0.4 is 5.32 Å². The molecule has 1 rings (SSSR count). The van der Waals surface area contributed by atoms with E-state index in [9.17, 15) is 9.59 Å². The number of carboxylic acids is 1. The Balaban J connectivity index is 2.89. The van der Waals surface area contributed by atoms with Crippen LogP contribution in [0, 0.1) is 0 Å². The number of halogens is 2. The van der Waals surface area contributed by atoms with Crippen molar-refractivity contribution >= 4 is 35.1 Å². The van der Waals surface area contributed by atoms with Gasteiger partial charge in [-0.1, -0.05) is 23.2 Å². The summed E-state index contributed by atoms with van der Waals surface area (Å²) < 4.78 is 4.96. The van der Waals surface area contributed by atoms with Crippen LogP contribution in [-0.2, 0) is 9.53 Å². The molecule has 1 unspecified atom stereocenters. The number of carbonyl (C=O) groups is 2. The zero-order valence-electron chi connectivity index (χ0n) is 11.1. The maximum atomic E-state index is 12.1. The molecule has 1 aromatic rings. The van der Waals surface area contributed by atoms with E-state index >= 15 is 0 Å². The fourth-order valence-corrected chi connectivity index (χ4v) is 2.07. The summed E-state index contributed by atoms with van der Waals surface area (Å²) in [6.45, 7) is 1.67. The zero-order chi connectivity index (χ0) is 15.3. The Hall–Kier alpha value is -1.30. The van der Waals surface area contributed by atoms with Gasteiger partial charge >= 0.3 is 5.97 Å². The van der Waals surface area contributed by atoms with Crippen LogP contribution in [0.4, 0.5) is 0 Å². The molecule has 0 aliphatic carbocycles. The lowest BCUT2D eigenvalue weighted by atomic mass is 9.98. The second-order valence-corrected chi connectivity index (χ2v) is 5.46. The van der Waals surface area contributed by atoms with E-state index in [1.807, 2.05) is 0 Å². The molecule has 0 saturated heterocycles. The number of rotatable bonds is 6. The molecule has 0 saturated carbocycles. The fraction of sp³-hybridized carbons (Fsp3) is 0.385. The molecule has 0 aliphatic heterocycles. The minimum atomic E-state index is -1.03. The van der Waals surface area contributed by atoms with Gasteiger partial charge < -0.3 is 15.2 Å². The average molecular weight is 320 g/mol. The number of methoxy groups -OCH3 is 1. The first-order valence-electron chi connectivity index (χ1n) is 5.76. The fourth-order valence-electron chi connectivity index (χ4n) is 1.77. The topological polar surface area (TPSA) is 75.6 Å². The number of aliphatic carboxylic acids is 1. The first-order chi connectivity index (χ1) is 9.27. The van der Waals surface area contributed by atoms with E-state index in [4.69, 9.17) is 33.0 Å². The first kappa shape index (κ1) is 16.8. The predicted molar refractivity (Wildman–Crippen MR) is 76.5 cm³/mol. The predicted octanol–water partition coefficient (Wildman–Crippen LogP) is 2.60. The van der Waals surface area contributed by atoms with Crippen molar-refractivity contribution in [2.24, 2.45) is 0 Å². The van der Waals surface area contributed by atoms with Crippen molar-refractivity contribution in [2.75, 3.05) is 13.7 Å². The molecule has 0 aromatic heterocycles. The quantitative estimate of drug-likeness (QED) is 0.845. The van der Waals surface area contributed by atoms with E-state index in [2.05, 4.69) is 5.32 Å². The van der Waals surface area contributed by atoms with Gasteiger partial charge in [-0.05, 0) is 25.1 Å². The van der Waals surface area contributed by atoms with Crippen molar-refractivity contribution in [2.45, 2.75) is 18.9 Å². The molecule has 0 aliphatic rings. The van der Waals surface area contributed by atoms with Crippen molar-refractivity contribution in [3.63, 3.8) is 0 Å². The summed E-state index contributed by atoms with van der Waals surface area (Å²) >= 11 is 11.6. The molecular weight excluding hydrogens is 305 g/mol. The summed E-state index contributed by atoms with van der Waals surface area (Å²) in [5, 5.41) is 12.1. The molecule has 1 atom stereocenters. The highest BCUT2D eigenvalue weighted by Gasteiger charge is 2.30. The molecule has 0 radical (unpaired) electrons.